The summed E-state index contributed by atoms with van der Waals surface area (Å²) in [6.45, 7) is 8.81. The Balaban J connectivity index is 1.92. The third-order valence-corrected chi connectivity index (χ3v) is 4.38. The van der Waals surface area contributed by atoms with Crippen LogP contribution in [0.25, 0.3) is 0 Å². The second-order valence-electron chi connectivity index (χ2n) is 6.59. The molecular formula is C17H27N3O. The summed E-state index contributed by atoms with van der Waals surface area (Å²) in [5.74, 6) is 1.45. The van der Waals surface area contributed by atoms with Crippen molar-refractivity contribution in [1.82, 2.24) is 14.8 Å². The molecule has 0 aliphatic carbocycles. The van der Waals surface area contributed by atoms with Crippen molar-refractivity contribution in [2.24, 2.45) is 11.8 Å². The van der Waals surface area contributed by atoms with Crippen molar-refractivity contribution < 1.29 is 4.79 Å². The molecule has 0 N–H and O–H groups in total. The van der Waals surface area contributed by atoms with Gasteiger partial charge in [0.2, 0.25) is 5.91 Å². The Kier molecular flexibility index (Phi) is 5.34. The standard InChI is InChI=1S/C17H27N3O/c1-13-9-14(2)11-20(10-13)17(21)12-19(4)15(3)16-7-5-6-8-18-16/h5-8,13-15H,9-12H2,1-4H3/t13-,14+,15-/m1/s1. The van der Waals surface area contributed by atoms with E-state index in [-0.39, 0.29) is 11.9 Å². The lowest BCUT2D eigenvalue weighted by atomic mass is 9.92. The highest BCUT2D eigenvalue weighted by molar-refractivity contribution is 5.78. The van der Waals surface area contributed by atoms with Crippen LogP contribution in [0.5, 0.6) is 0 Å². The van der Waals surface area contributed by atoms with Gasteiger partial charge in [0.1, 0.15) is 0 Å². The number of carbonyl (C=O) groups is 1. The topological polar surface area (TPSA) is 36.4 Å². The molecule has 4 heteroatoms. The van der Waals surface area contributed by atoms with E-state index in [9.17, 15) is 4.79 Å². The minimum absolute atomic E-state index is 0.148. The van der Waals surface area contributed by atoms with Gasteiger partial charge in [0.15, 0.2) is 0 Å². The largest absolute Gasteiger partial charge is 0.341 e. The fourth-order valence-corrected chi connectivity index (χ4v) is 3.17. The van der Waals surface area contributed by atoms with Crippen LogP contribution in [-0.4, -0.2) is 47.4 Å². The molecule has 0 spiro atoms. The summed E-state index contributed by atoms with van der Waals surface area (Å²) in [4.78, 5) is 21.0. The summed E-state index contributed by atoms with van der Waals surface area (Å²) in [6, 6.07) is 6.06. The van der Waals surface area contributed by atoms with Crippen molar-refractivity contribution in [3.8, 4) is 0 Å². The van der Waals surface area contributed by atoms with Crippen LogP contribution in [0.1, 0.15) is 38.9 Å². The number of pyridine rings is 1. The van der Waals surface area contributed by atoms with E-state index in [0.717, 1.165) is 18.8 Å². The first-order chi connectivity index (χ1) is 9.97. The van der Waals surface area contributed by atoms with Gasteiger partial charge in [-0.3, -0.25) is 14.7 Å². The number of aromatic nitrogens is 1. The van der Waals surface area contributed by atoms with Gasteiger partial charge in [-0.05, 0) is 44.4 Å². The van der Waals surface area contributed by atoms with E-state index in [1.807, 2.05) is 30.1 Å². The highest BCUT2D eigenvalue weighted by atomic mass is 16.2. The molecule has 1 aliphatic heterocycles. The molecule has 116 valence electrons. The number of rotatable bonds is 4. The zero-order chi connectivity index (χ0) is 15.4. The van der Waals surface area contributed by atoms with Crippen molar-refractivity contribution >= 4 is 5.91 Å². The summed E-state index contributed by atoms with van der Waals surface area (Å²) < 4.78 is 0. The molecule has 0 bridgehead atoms. The van der Waals surface area contributed by atoms with Crippen LogP contribution in [0.15, 0.2) is 24.4 Å². The van der Waals surface area contributed by atoms with E-state index in [1.165, 1.54) is 6.42 Å². The van der Waals surface area contributed by atoms with Crippen LogP contribution >= 0.6 is 0 Å². The van der Waals surface area contributed by atoms with Crippen LogP contribution in [0.3, 0.4) is 0 Å². The Morgan fingerprint density at radius 2 is 2.05 bits per heavy atom. The Bertz CT molecular complexity index is 452. The van der Waals surface area contributed by atoms with Crippen molar-refractivity contribution in [2.75, 3.05) is 26.7 Å². The number of carbonyl (C=O) groups excluding carboxylic acids is 1. The van der Waals surface area contributed by atoms with E-state index in [4.69, 9.17) is 0 Å². The SMILES string of the molecule is C[C@@H]1C[C@H](C)CN(C(=O)CN(C)[C@H](C)c2ccccn2)C1. The van der Waals surface area contributed by atoms with E-state index in [2.05, 4.69) is 30.7 Å². The van der Waals surface area contributed by atoms with E-state index >= 15 is 0 Å². The van der Waals surface area contributed by atoms with E-state index in [1.54, 1.807) is 6.20 Å². The molecule has 1 saturated heterocycles. The number of amides is 1. The molecule has 1 aromatic heterocycles. The number of piperidine rings is 1. The summed E-state index contributed by atoms with van der Waals surface area (Å²) in [5, 5.41) is 0. The van der Waals surface area contributed by atoms with Crippen LogP contribution in [-0.2, 0) is 4.79 Å². The number of nitrogens with zero attached hydrogens (tertiary/aromatic N) is 3. The maximum atomic E-state index is 12.5. The average molecular weight is 289 g/mol. The predicted molar refractivity (Wildman–Crippen MR) is 84.8 cm³/mol. The first kappa shape index (κ1) is 16.0. The minimum atomic E-state index is 0.148. The van der Waals surface area contributed by atoms with Gasteiger partial charge in [0, 0.05) is 25.3 Å². The molecule has 1 aromatic rings. The first-order valence-electron chi connectivity index (χ1n) is 7.86. The molecule has 21 heavy (non-hydrogen) atoms. The number of hydrogen-bond donors (Lipinski definition) is 0. The molecule has 0 unspecified atom stereocenters. The Labute approximate surface area is 128 Å². The maximum absolute atomic E-state index is 12.5. The van der Waals surface area contributed by atoms with Crippen molar-refractivity contribution in [1.29, 1.82) is 0 Å². The van der Waals surface area contributed by atoms with Crippen LogP contribution in [0.4, 0.5) is 0 Å². The summed E-state index contributed by atoms with van der Waals surface area (Å²) in [6.07, 6.45) is 3.03. The second-order valence-corrected chi connectivity index (χ2v) is 6.59. The molecule has 4 nitrogen and oxygen atoms in total. The predicted octanol–water partition coefficient (Wildman–Crippen LogP) is 2.58. The van der Waals surface area contributed by atoms with Gasteiger partial charge in [0.05, 0.1) is 12.2 Å². The van der Waals surface area contributed by atoms with Crippen LogP contribution in [0.2, 0.25) is 0 Å². The van der Waals surface area contributed by atoms with E-state index < -0.39 is 0 Å². The molecular weight excluding hydrogens is 262 g/mol. The van der Waals surface area contributed by atoms with Crippen LogP contribution < -0.4 is 0 Å². The quantitative estimate of drug-likeness (QED) is 0.855. The third kappa shape index (κ3) is 4.27. The van der Waals surface area contributed by atoms with Gasteiger partial charge in [-0.25, -0.2) is 0 Å². The smallest absolute Gasteiger partial charge is 0.236 e. The molecule has 1 aliphatic rings. The number of likely N-dealkylation sites (tertiary alicyclic amines) is 1. The fraction of sp³-hybridized carbons (Fsp3) is 0.647. The Morgan fingerprint density at radius 3 is 2.62 bits per heavy atom. The maximum Gasteiger partial charge on any atom is 0.236 e. The lowest BCUT2D eigenvalue weighted by Gasteiger charge is -2.36. The van der Waals surface area contributed by atoms with E-state index in [0.29, 0.717) is 18.4 Å². The summed E-state index contributed by atoms with van der Waals surface area (Å²) in [7, 11) is 1.99. The van der Waals surface area contributed by atoms with Gasteiger partial charge in [-0.15, -0.1) is 0 Å². The van der Waals surface area contributed by atoms with Gasteiger partial charge in [0.25, 0.3) is 0 Å². The summed E-state index contributed by atoms with van der Waals surface area (Å²) >= 11 is 0. The van der Waals surface area contributed by atoms with Gasteiger partial charge in [-0.1, -0.05) is 19.9 Å². The zero-order valence-corrected chi connectivity index (χ0v) is 13.6. The molecule has 0 saturated carbocycles. The Hall–Kier alpha value is -1.42. The molecule has 1 fully saturated rings. The first-order valence-corrected chi connectivity index (χ1v) is 7.86. The van der Waals surface area contributed by atoms with Crippen molar-refractivity contribution in [3.63, 3.8) is 0 Å². The lowest BCUT2D eigenvalue weighted by molar-refractivity contribution is -0.135. The number of likely N-dealkylation sites (N-methyl/N-ethyl adjacent to an activating group) is 1. The molecule has 3 atom stereocenters. The number of hydrogen-bond acceptors (Lipinski definition) is 3. The highest BCUT2D eigenvalue weighted by Crippen LogP contribution is 2.22. The monoisotopic (exact) mass is 289 g/mol. The highest BCUT2D eigenvalue weighted by Gasteiger charge is 2.26. The van der Waals surface area contributed by atoms with Crippen LogP contribution in [0, 0.1) is 11.8 Å². The minimum Gasteiger partial charge on any atom is -0.341 e. The molecule has 1 amide bonds. The average Bonchev–Trinajstić information content (AvgIpc) is 2.46. The zero-order valence-electron chi connectivity index (χ0n) is 13.6. The molecule has 0 radical (unpaired) electrons. The van der Waals surface area contributed by atoms with Crippen molar-refractivity contribution in [3.05, 3.63) is 30.1 Å². The summed E-state index contributed by atoms with van der Waals surface area (Å²) in [5.41, 5.74) is 1.01. The lowest BCUT2D eigenvalue weighted by Crippen LogP contribution is -2.46. The normalized spacial score (nSPS) is 24.1. The molecule has 2 rings (SSSR count). The molecule has 2 heterocycles. The van der Waals surface area contributed by atoms with Gasteiger partial charge >= 0.3 is 0 Å². The Morgan fingerprint density at radius 1 is 1.38 bits per heavy atom. The third-order valence-electron chi connectivity index (χ3n) is 4.38. The van der Waals surface area contributed by atoms with Gasteiger partial charge in [-0.2, -0.15) is 0 Å². The fourth-order valence-electron chi connectivity index (χ4n) is 3.17. The van der Waals surface area contributed by atoms with Crippen molar-refractivity contribution in [2.45, 2.75) is 33.2 Å². The van der Waals surface area contributed by atoms with Gasteiger partial charge < -0.3 is 4.90 Å². The second kappa shape index (κ2) is 7.03. The molecule has 0 aromatic carbocycles.